The van der Waals surface area contributed by atoms with Crippen molar-refractivity contribution in [3.63, 3.8) is 0 Å². The molecule has 40 heavy (non-hydrogen) atoms. The SMILES string of the molecule is CCCCCCC[C@@H](C/C=C/CCC(=O)N(C)C/C(=C\Cl)C/C(=C\C(=O)N1C(=O)C=C(OC)[C@@H]1CO)OC)OC. The summed E-state index contributed by atoms with van der Waals surface area (Å²) < 4.78 is 16.0. The molecule has 2 atom stereocenters. The first kappa shape index (κ1) is 35.4. The number of halogens is 1. The van der Waals surface area contributed by atoms with E-state index in [0.717, 1.165) is 17.7 Å². The van der Waals surface area contributed by atoms with Gasteiger partial charge in [0.05, 0.1) is 26.9 Å². The number of amides is 3. The van der Waals surface area contributed by atoms with E-state index >= 15 is 0 Å². The fraction of sp³-hybridized carbons (Fsp3) is 0.633. The van der Waals surface area contributed by atoms with Gasteiger partial charge in [-0.05, 0) is 24.8 Å². The van der Waals surface area contributed by atoms with Crippen molar-refractivity contribution in [1.29, 1.82) is 0 Å². The van der Waals surface area contributed by atoms with E-state index in [-0.39, 0.29) is 36.5 Å². The second-order valence-corrected chi connectivity index (χ2v) is 10.0. The summed E-state index contributed by atoms with van der Waals surface area (Å²) in [6.07, 6.45) is 15.9. The lowest BCUT2D eigenvalue weighted by Crippen LogP contribution is -2.42. The van der Waals surface area contributed by atoms with E-state index in [2.05, 4.69) is 13.0 Å². The second-order valence-electron chi connectivity index (χ2n) is 9.81. The van der Waals surface area contributed by atoms with Gasteiger partial charge in [-0.1, -0.05) is 62.8 Å². The van der Waals surface area contributed by atoms with Crippen LogP contribution in [0.25, 0.3) is 0 Å². The van der Waals surface area contributed by atoms with E-state index in [1.165, 1.54) is 64.0 Å². The number of unbranched alkanes of at least 4 members (excludes halogenated alkanes) is 4. The first-order chi connectivity index (χ1) is 19.3. The molecule has 1 aliphatic heterocycles. The summed E-state index contributed by atoms with van der Waals surface area (Å²) in [6.45, 7) is 2.00. The third kappa shape index (κ3) is 12.3. The Hall–Kier alpha value is -2.62. The van der Waals surface area contributed by atoms with Gasteiger partial charge >= 0.3 is 0 Å². The first-order valence-corrected chi connectivity index (χ1v) is 14.4. The lowest BCUT2D eigenvalue weighted by molar-refractivity contribution is -0.140. The average molecular weight is 583 g/mol. The number of aliphatic hydroxyl groups is 1. The van der Waals surface area contributed by atoms with Crippen molar-refractivity contribution < 1.29 is 33.7 Å². The Balaban J connectivity index is 2.56. The molecule has 10 heteroatoms. The number of aliphatic hydroxyl groups excluding tert-OH is 1. The van der Waals surface area contributed by atoms with Gasteiger partial charge in [-0.15, -0.1) is 0 Å². The van der Waals surface area contributed by atoms with Crippen LogP contribution in [0.15, 0.2) is 46.9 Å². The lowest BCUT2D eigenvalue weighted by atomic mass is 10.1. The van der Waals surface area contributed by atoms with E-state index in [4.69, 9.17) is 25.8 Å². The van der Waals surface area contributed by atoms with Crippen molar-refractivity contribution in [2.45, 2.75) is 83.3 Å². The van der Waals surface area contributed by atoms with Crippen LogP contribution in [-0.2, 0) is 28.6 Å². The van der Waals surface area contributed by atoms with E-state index < -0.39 is 24.5 Å². The number of allylic oxidation sites excluding steroid dienone is 2. The van der Waals surface area contributed by atoms with E-state index in [1.54, 1.807) is 19.1 Å². The van der Waals surface area contributed by atoms with Crippen molar-refractivity contribution in [1.82, 2.24) is 9.80 Å². The minimum atomic E-state index is -0.892. The Morgan fingerprint density at radius 3 is 2.50 bits per heavy atom. The quantitative estimate of drug-likeness (QED) is 0.0946. The molecule has 0 aromatic heterocycles. The molecule has 0 saturated heterocycles. The molecule has 0 bridgehead atoms. The number of ether oxygens (including phenoxy) is 3. The number of carbonyl (C=O) groups excluding carboxylic acids is 3. The Morgan fingerprint density at radius 1 is 1.18 bits per heavy atom. The number of nitrogens with zero attached hydrogens (tertiary/aromatic N) is 2. The van der Waals surface area contributed by atoms with Gasteiger partial charge in [0.25, 0.3) is 11.8 Å². The van der Waals surface area contributed by atoms with E-state index in [1.807, 2.05) is 6.08 Å². The van der Waals surface area contributed by atoms with Gasteiger partial charge in [0.15, 0.2) is 0 Å². The van der Waals surface area contributed by atoms with Gasteiger partial charge in [-0.3, -0.25) is 19.3 Å². The van der Waals surface area contributed by atoms with Crippen molar-refractivity contribution in [3.8, 4) is 0 Å². The summed E-state index contributed by atoms with van der Waals surface area (Å²) in [7, 11) is 6.21. The Bertz CT molecular complexity index is 929. The number of hydrogen-bond acceptors (Lipinski definition) is 7. The van der Waals surface area contributed by atoms with Crippen LogP contribution in [0.5, 0.6) is 0 Å². The zero-order chi connectivity index (χ0) is 29.9. The van der Waals surface area contributed by atoms with Crippen molar-refractivity contribution in [2.75, 3.05) is 41.5 Å². The molecular formula is C30H47ClN2O7. The minimum absolute atomic E-state index is 0.0366. The molecule has 1 rings (SSSR count). The zero-order valence-corrected chi connectivity index (χ0v) is 25.5. The van der Waals surface area contributed by atoms with E-state index in [9.17, 15) is 19.5 Å². The van der Waals surface area contributed by atoms with Gasteiger partial charge in [0, 0.05) is 51.2 Å². The fourth-order valence-electron chi connectivity index (χ4n) is 4.40. The first-order valence-electron chi connectivity index (χ1n) is 13.9. The summed E-state index contributed by atoms with van der Waals surface area (Å²) >= 11 is 6.02. The number of imide groups is 1. The van der Waals surface area contributed by atoms with Gasteiger partial charge in [0.1, 0.15) is 17.6 Å². The summed E-state index contributed by atoms with van der Waals surface area (Å²) in [4.78, 5) is 40.2. The molecule has 3 amide bonds. The van der Waals surface area contributed by atoms with Gasteiger partial charge < -0.3 is 24.2 Å². The van der Waals surface area contributed by atoms with E-state index in [0.29, 0.717) is 18.4 Å². The molecule has 1 heterocycles. The molecule has 0 fully saturated rings. The second kappa shape index (κ2) is 20.3. The fourth-order valence-corrected chi connectivity index (χ4v) is 4.55. The maximum Gasteiger partial charge on any atom is 0.257 e. The van der Waals surface area contributed by atoms with Crippen LogP contribution >= 0.6 is 11.6 Å². The topological polar surface area (TPSA) is 106 Å². The maximum absolute atomic E-state index is 12.8. The standard InChI is InChI=1S/C30H47ClN2O7/c1-6-7-8-9-11-14-24(38-3)15-12-10-13-16-28(35)32(2)21-23(20-31)17-25(39-4)18-29(36)33-26(22-34)27(40-5)19-30(33)37/h10,12,18-20,24,26,34H,6-9,11,13-17,21-22H2,1-5H3/b12-10+,23-20-,25-18+/t24-,26-/m0/s1. The molecule has 0 radical (unpaired) electrons. The van der Waals surface area contributed by atoms with Crippen LogP contribution in [-0.4, -0.2) is 86.3 Å². The third-order valence-corrected chi connectivity index (χ3v) is 7.12. The van der Waals surface area contributed by atoms with Crippen LogP contribution < -0.4 is 0 Å². The number of hydrogen-bond donors (Lipinski definition) is 1. The van der Waals surface area contributed by atoms with Crippen LogP contribution in [0.4, 0.5) is 0 Å². The van der Waals surface area contributed by atoms with Crippen LogP contribution in [0.3, 0.4) is 0 Å². The molecule has 0 aromatic rings. The molecule has 9 nitrogen and oxygen atoms in total. The molecule has 1 aliphatic rings. The molecule has 226 valence electrons. The highest BCUT2D eigenvalue weighted by Gasteiger charge is 2.37. The largest absolute Gasteiger partial charge is 0.501 e. The summed E-state index contributed by atoms with van der Waals surface area (Å²) in [5.74, 6) is -0.803. The van der Waals surface area contributed by atoms with Crippen molar-refractivity contribution in [2.24, 2.45) is 0 Å². The number of rotatable bonds is 20. The van der Waals surface area contributed by atoms with Crippen LogP contribution in [0.2, 0.25) is 0 Å². The van der Waals surface area contributed by atoms with Crippen molar-refractivity contribution in [3.05, 3.63) is 46.9 Å². The predicted molar refractivity (Wildman–Crippen MR) is 156 cm³/mol. The molecule has 0 spiro atoms. The Morgan fingerprint density at radius 2 is 1.90 bits per heavy atom. The zero-order valence-electron chi connectivity index (χ0n) is 24.7. The Labute approximate surface area is 244 Å². The summed E-state index contributed by atoms with van der Waals surface area (Å²) in [6, 6.07) is -0.892. The van der Waals surface area contributed by atoms with Crippen molar-refractivity contribution >= 4 is 29.3 Å². The number of likely N-dealkylation sites (N-methyl/N-ethyl adjacent to an activating group) is 1. The highest BCUT2D eigenvalue weighted by atomic mass is 35.5. The average Bonchev–Trinajstić information content (AvgIpc) is 3.29. The lowest BCUT2D eigenvalue weighted by Gasteiger charge is -2.22. The third-order valence-electron chi connectivity index (χ3n) is 6.81. The Kier molecular flexibility index (Phi) is 18.0. The summed E-state index contributed by atoms with van der Waals surface area (Å²) in [5, 5.41) is 9.62. The molecule has 0 saturated carbocycles. The molecule has 0 aromatic carbocycles. The van der Waals surface area contributed by atoms with Crippen LogP contribution in [0, 0.1) is 0 Å². The molecule has 0 aliphatic carbocycles. The highest BCUT2D eigenvalue weighted by molar-refractivity contribution is 6.25. The summed E-state index contributed by atoms with van der Waals surface area (Å²) in [5.41, 5.74) is 2.01. The number of carbonyl (C=O) groups is 3. The van der Waals surface area contributed by atoms with Gasteiger partial charge in [0.2, 0.25) is 5.91 Å². The van der Waals surface area contributed by atoms with Gasteiger partial charge in [-0.25, -0.2) is 0 Å². The normalized spacial score (nSPS) is 16.9. The molecule has 1 N–H and O–H groups in total. The molecule has 0 unspecified atom stereocenters. The maximum atomic E-state index is 12.8. The number of methoxy groups -OCH3 is 3. The minimum Gasteiger partial charge on any atom is -0.501 e. The van der Waals surface area contributed by atoms with Crippen LogP contribution in [0.1, 0.15) is 71.1 Å². The monoisotopic (exact) mass is 582 g/mol. The smallest absolute Gasteiger partial charge is 0.257 e. The molecular weight excluding hydrogens is 536 g/mol. The highest BCUT2D eigenvalue weighted by Crippen LogP contribution is 2.22. The predicted octanol–water partition coefficient (Wildman–Crippen LogP) is 4.85. The van der Waals surface area contributed by atoms with Gasteiger partial charge in [-0.2, -0.15) is 0 Å².